The Morgan fingerprint density at radius 1 is 0.960 bits per heavy atom. The van der Waals surface area contributed by atoms with Crippen LogP contribution in [0.5, 0.6) is 0 Å². The van der Waals surface area contributed by atoms with Crippen molar-refractivity contribution in [1.82, 2.24) is 5.32 Å². The number of anilines is 1. The molecule has 4 nitrogen and oxygen atoms in total. The Hall–Kier alpha value is -2.33. The van der Waals surface area contributed by atoms with E-state index >= 15 is 0 Å². The fourth-order valence-electron chi connectivity index (χ4n) is 2.47. The van der Waals surface area contributed by atoms with Gasteiger partial charge in [0.05, 0.1) is 13.0 Å². The highest BCUT2D eigenvalue weighted by Gasteiger charge is 2.18. The van der Waals surface area contributed by atoms with Gasteiger partial charge in [-0.05, 0) is 34.7 Å². The van der Waals surface area contributed by atoms with Crippen LogP contribution in [0.1, 0.15) is 31.9 Å². The molecule has 0 saturated heterocycles. The Kier molecular flexibility index (Phi) is 6.21. The summed E-state index contributed by atoms with van der Waals surface area (Å²) in [6.45, 7) is 6.20. The van der Waals surface area contributed by atoms with Crippen molar-refractivity contribution in [1.29, 1.82) is 0 Å². The Labute approximate surface area is 153 Å². The van der Waals surface area contributed by atoms with E-state index < -0.39 is 0 Å². The van der Waals surface area contributed by atoms with Crippen LogP contribution in [0.15, 0.2) is 48.5 Å². The van der Waals surface area contributed by atoms with Gasteiger partial charge in [0.2, 0.25) is 11.8 Å². The Morgan fingerprint density at radius 2 is 1.60 bits per heavy atom. The normalized spacial score (nSPS) is 11.0. The average Bonchev–Trinajstić information content (AvgIpc) is 2.55. The molecule has 0 atom stereocenters. The first-order valence-corrected chi connectivity index (χ1v) is 8.54. The van der Waals surface area contributed by atoms with Crippen LogP contribution in [-0.2, 0) is 21.4 Å². The first-order valence-electron chi connectivity index (χ1n) is 8.16. The van der Waals surface area contributed by atoms with Gasteiger partial charge in [-0.15, -0.1) is 0 Å². The zero-order valence-electron chi connectivity index (χ0n) is 14.7. The number of hydrogen-bond acceptors (Lipinski definition) is 2. The van der Waals surface area contributed by atoms with E-state index in [1.54, 1.807) is 24.3 Å². The number of rotatable bonds is 5. The van der Waals surface area contributed by atoms with Gasteiger partial charge < -0.3 is 10.6 Å². The third kappa shape index (κ3) is 5.91. The summed E-state index contributed by atoms with van der Waals surface area (Å²) >= 11 is 5.82. The summed E-state index contributed by atoms with van der Waals surface area (Å²) in [7, 11) is 0. The number of hydrogen-bond donors (Lipinski definition) is 2. The molecule has 132 valence electrons. The number of para-hydroxylation sites is 1. The van der Waals surface area contributed by atoms with Gasteiger partial charge in [-0.25, -0.2) is 0 Å². The first kappa shape index (κ1) is 19.0. The lowest BCUT2D eigenvalue weighted by Crippen LogP contribution is -2.34. The largest absolute Gasteiger partial charge is 0.347 e. The summed E-state index contributed by atoms with van der Waals surface area (Å²) in [4.78, 5) is 24.1. The molecule has 2 rings (SSSR count). The molecular weight excluding hydrogens is 336 g/mol. The fraction of sp³-hybridized carbons (Fsp3) is 0.300. The molecule has 0 aliphatic heterocycles. The van der Waals surface area contributed by atoms with Gasteiger partial charge in [0.25, 0.3) is 0 Å². The minimum Gasteiger partial charge on any atom is -0.347 e. The highest BCUT2D eigenvalue weighted by molar-refractivity contribution is 6.30. The van der Waals surface area contributed by atoms with Crippen molar-refractivity contribution in [2.75, 3.05) is 11.9 Å². The first-order chi connectivity index (χ1) is 11.8. The van der Waals surface area contributed by atoms with Crippen LogP contribution >= 0.6 is 11.6 Å². The van der Waals surface area contributed by atoms with Gasteiger partial charge in [0.1, 0.15) is 0 Å². The summed E-state index contributed by atoms with van der Waals surface area (Å²) in [6.07, 6.45) is 0.211. The zero-order chi connectivity index (χ0) is 18.4. The minimum atomic E-state index is -0.249. The van der Waals surface area contributed by atoms with E-state index in [1.165, 1.54) is 0 Å². The molecular formula is C20H23ClN2O2. The van der Waals surface area contributed by atoms with Gasteiger partial charge in [0, 0.05) is 10.7 Å². The SMILES string of the molecule is CC(C)(C)c1ccccc1NC(=O)CNC(=O)Cc1ccc(Cl)cc1. The van der Waals surface area contributed by atoms with Crippen LogP contribution in [0.2, 0.25) is 5.02 Å². The lowest BCUT2D eigenvalue weighted by Gasteiger charge is -2.23. The Balaban J connectivity index is 1.89. The van der Waals surface area contributed by atoms with Gasteiger partial charge in [-0.1, -0.05) is 62.7 Å². The third-order valence-electron chi connectivity index (χ3n) is 3.73. The van der Waals surface area contributed by atoms with Crippen LogP contribution in [0.25, 0.3) is 0 Å². The highest BCUT2D eigenvalue weighted by atomic mass is 35.5. The molecule has 5 heteroatoms. The molecule has 0 unspecified atom stereocenters. The van der Waals surface area contributed by atoms with Crippen molar-refractivity contribution in [2.45, 2.75) is 32.6 Å². The topological polar surface area (TPSA) is 58.2 Å². The van der Waals surface area contributed by atoms with Crippen molar-refractivity contribution >= 4 is 29.1 Å². The lowest BCUT2D eigenvalue weighted by atomic mass is 9.86. The Bertz CT molecular complexity index is 749. The second-order valence-electron chi connectivity index (χ2n) is 6.92. The van der Waals surface area contributed by atoms with E-state index in [2.05, 4.69) is 31.4 Å². The Morgan fingerprint density at radius 3 is 2.24 bits per heavy atom. The van der Waals surface area contributed by atoms with E-state index in [0.29, 0.717) is 5.02 Å². The number of nitrogens with one attached hydrogen (secondary N) is 2. The molecule has 0 aliphatic carbocycles. The number of carbonyl (C=O) groups excluding carboxylic acids is 2. The molecule has 2 amide bonds. The average molecular weight is 359 g/mol. The van der Waals surface area contributed by atoms with E-state index in [9.17, 15) is 9.59 Å². The smallest absolute Gasteiger partial charge is 0.243 e. The monoisotopic (exact) mass is 358 g/mol. The molecule has 2 aromatic rings. The summed E-state index contributed by atoms with van der Waals surface area (Å²) in [5, 5.41) is 6.14. The van der Waals surface area contributed by atoms with Gasteiger partial charge in [0.15, 0.2) is 0 Å². The molecule has 25 heavy (non-hydrogen) atoms. The molecule has 2 N–H and O–H groups in total. The maximum absolute atomic E-state index is 12.1. The van der Waals surface area contributed by atoms with Crippen LogP contribution in [-0.4, -0.2) is 18.4 Å². The summed E-state index contributed by atoms with van der Waals surface area (Å²) in [6, 6.07) is 14.8. The van der Waals surface area contributed by atoms with Crippen molar-refractivity contribution in [3.8, 4) is 0 Å². The summed E-state index contributed by atoms with van der Waals surface area (Å²) in [5.41, 5.74) is 2.59. The molecule has 0 fully saturated rings. The molecule has 0 saturated carbocycles. The predicted octanol–water partition coefficient (Wildman–Crippen LogP) is 3.93. The molecule has 0 spiro atoms. The second kappa shape index (κ2) is 8.17. The number of benzene rings is 2. The van der Waals surface area contributed by atoms with E-state index in [4.69, 9.17) is 11.6 Å². The van der Waals surface area contributed by atoms with E-state index in [-0.39, 0.29) is 30.2 Å². The van der Waals surface area contributed by atoms with Crippen molar-refractivity contribution in [2.24, 2.45) is 0 Å². The van der Waals surface area contributed by atoms with Crippen LogP contribution in [0, 0.1) is 0 Å². The van der Waals surface area contributed by atoms with E-state index in [1.807, 2.05) is 24.3 Å². The molecule has 0 heterocycles. The van der Waals surface area contributed by atoms with Crippen molar-refractivity contribution in [3.05, 3.63) is 64.7 Å². The molecule has 2 aromatic carbocycles. The maximum Gasteiger partial charge on any atom is 0.243 e. The van der Waals surface area contributed by atoms with Crippen molar-refractivity contribution in [3.63, 3.8) is 0 Å². The van der Waals surface area contributed by atoms with Gasteiger partial charge >= 0.3 is 0 Å². The fourth-order valence-corrected chi connectivity index (χ4v) is 2.60. The predicted molar refractivity (Wildman–Crippen MR) is 102 cm³/mol. The number of carbonyl (C=O) groups is 2. The van der Waals surface area contributed by atoms with Crippen LogP contribution in [0.3, 0.4) is 0 Å². The minimum absolute atomic E-state index is 0.0646. The van der Waals surface area contributed by atoms with Crippen LogP contribution in [0.4, 0.5) is 5.69 Å². The summed E-state index contributed by atoms with van der Waals surface area (Å²) in [5.74, 6) is -0.456. The van der Waals surface area contributed by atoms with E-state index in [0.717, 1.165) is 16.8 Å². The van der Waals surface area contributed by atoms with Crippen LogP contribution < -0.4 is 10.6 Å². The third-order valence-corrected chi connectivity index (χ3v) is 3.99. The molecule has 0 aliphatic rings. The van der Waals surface area contributed by atoms with Crippen molar-refractivity contribution < 1.29 is 9.59 Å². The molecule has 0 aromatic heterocycles. The zero-order valence-corrected chi connectivity index (χ0v) is 15.5. The van der Waals surface area contributed by atoms with Gasteiger partial charge in [-0.2, -0.15) is 0 Å². The lowest BCUT2D eigenvalue weighted by molar-refractivity contribution is -0.123. The standard InChI is InChI=1S/C20H23ClN2O2/c1-20(2,3)16-6-4-5-7-17(16)23-19(25)13-22-18(24)12-14-8-10-15(21)11-9-14/h4-11H,12-13H2,1-3H3,(H,22,24)(H,23,25). The maximum atomic E-state index is 12.1. The second-order valence-corrected chi connectivity index (χ2v) is 7.36. The quantitative estimate of drug-likeness (QED) is 0.850. The van der Waals surface area contributed by atoms with Gasteiger partial charge in [-0.3, -0.25) is 9.59 Å². The molecule has 0 bridgehead atoms. The summed E-state index contributed by atoms with van der Waals surface area (Å²) < 4.78 is 0. The molecule has 0 radical (unpaired) electrons. The number of amides is 2. The highest BCUT2D eigenvalue weighted by Crippen LogP contribution is 2.29. The number of halogens is 1.